The van der Waals surface area contributed by atoms with Gasteiger partial charge in [-0.1, -0.05) is 0 Å². The molecule has 0 spiro atoms. The van der Waals surface area contributed by atoms with Crippen molar-refractivity contribution in [1.82, 2.24) is 24.8 Å². The van der Waals surface area contributed by atoms with Gasteiger partial charge in [0.1, 0.15) is 12.4 Å². The van der Waals surface area contributed by atoms with E-state index in [1.165, 1.54) is 12.1 Å². The molecule has 0 aliphatic carbocycles. The van der Waals surface area contributed by atoms with Gasteiger partial charge in [0.15, 0.2) is 5.82 Å². The van der Waals surface area contributed by atoms with Crippen LogP contribution in [0, 0.1) is 11.2 Å². The summed E-state index contributed by atoms with van der Waals surface area (Å²) < 4.78 is 41.6. The number of carbonyl (C=O) groups excluding carboxylic acids is 1. The topological polar surface area (TPSA) is 121 Å². The van der Waals surface area contributed by atoms with Crippen LogP contribution in [-0.2, 0) is 23.7 Å². The molecule has 2 aliphatic heterocycles. The van der Waals surface area contributed by atoms with E-state index in [2.05, 4.69) is 15.0 Å². The van der Waals surface area contributed by atoms with Crippen LogP contribution in [0.1, 0.15) is 19.0 Å². The highest BCUT2D eigenvalue weighted by atomic mass is 19.1. The zero-order valence-electron chi connectivity index (χ0n) is 21.3. The van der Waals surface area contributed by atoms with Crippen LogP contribution in [0.2, 0.25) is 0 Å². The van der Waals surface area contributed by atoms with E-state index in [1.807, 2.05) is 6.92 Å². The smallest absolute Gasteiger partial charge is 0.317 e. The number of morpholine rings is 1. The predicted octanol–water partition coefficient (Wildman–Crippen LogP) is 2.61. The molecule has 2 fully saturated rings. The van der Waals surface area contributed by atoms with Crippen LogP contribution in [0.5, 0.6) is 6.01 Å². The van der Waals surface area contributed by atoms with Crippen molar-refractivity contribution >= 4 is 5.91 Å². The summed E-state index contributed by atoms with van der Waals surface area (Å²) >= 11 is 0. The molecular weight excluding hydrogens is 497 g/mol. The van der Waals surface area contributed by atoms with E-state index in [4.69, 9.17) is 28.7 Å². The summed E-state index contributed by atoms with van der Waals surface area (Å²) in [5, 5.41) is 0. The fourth-order valence-electron chi connectivity index (χ4n) is 4.31. The first-order chi connectivity index (χ1) is 18.5. The number of nitrogens with one attached hydrogen (secondary N) is 1. The first-order valence-corrected chi connectivity index (χ1v) is 12.4. The SMILES string of the molecule is COCCOc1nccc(-c2[nH]c(C3OCC(C)(C(=O)N4CCOCC4)CO3)nc2-c2ccc(F)cc2)n1. The molecule has 1 aromatic carbocycles. The monoisotopic (exact) mass is 527 g/mol. The summed E-state index contributed by atoms with van der Waals surface area (Å²) in [4.78, 5) is 31.6. The van der Waals surface area contributed by atoms with E-state index in [0.29, 0.717) is 68.0 Å². The number of aromatic amines is 1. The molecule has 3 aromatic rings. The number of benzene rings is 1. The average Bonchev–Trinajstić information content (AvgIpc) is 3.40. The van der Waals surface area contributed by atoms with Gasteiger partial charge in [-0.25, -0.2) is 14.4 Å². The maximum absolute atomic E-state index is 13.6. The van der Waals surface area contributed by atoms with Crippen molar-refractivity contribution in [3.05, 3.63) is 48.2 Å². The van der Waals surface area contributed by atoms with Crippen molar-refractivity contribution in [1.29, 1.82) is 0 Å². The van der Waals surface area contributed by atoms with E-state index < -0.39 is 11.7 Å². The third kappa shape index (κ3) is 5.68. The van der Waals surface area contributed by atoms with Crippen molar-refractivity contribution in [3.63, 3.8) is 0 Å². The number of carbonyl (C=O) groups is 1. The molecule has 11 nitrogen and oxygen atoms in total. The molecule has 2 saturated heterocycles. The van der Waals surface area contributed by atoms with Crippen LogP contribution in [0.4, 0.5) is 4.39 Å². The summed E-state index contributed by atoms with van der Waals surface area (Å²) in [5.41, 5.74) is 1.48. The zero-order valence-corrected chi connectivity index (χ0v) is 21.3. The predicted molar refractivity (Wildman–Crippen MR) is 133 cm³/mol. The number of hydrogen-bond donors (Lipinski definition) is 1. The molecule has 0 bridgehead atoms. The van der Waals surface area contributed by atoms with Gasteiger partial charge in [0.05, 0.1) is 55.5 Å². The van der Waals surface area contributed by atoms with Gasteiger partial charge in [-0.2, -0.15) is 4.98 Å². The summed E-state index contributed by atoms with van der Waals surface area (Å²) in [6, 6.07) is 7.90. The fraction of sp³-hybridized carbons (Fsp3) is 0.462. The van der Waals surface area contributed by atoms with Gasteiger partial charge < -0.3 is 33.6 Å². The maximum Gasteiger partial charge on any atom is 0.317 e. The lowest BCUT2D eigenvalue weighted by atomic mass is 9.90. The van der Waals surface area contributed by atoms with Gasteiger partial charge in [-0.3, -0.25) is 4.79 Å². The standard InChI is InChI=1S/C26H30FN5O6/c1-26(24(33)32-9-11-35-12-10-32)15-37-23(38-16-26)22-30-20(17-3-5-18(27)6-4-17)21(31-22)19-7-8-28-25(29-19)36-14-13-34-2/h3-8,23H,9-16H2,1-2H3,(H,30,31). The quantitative estimate of drug-likeness (QED) is 0.441. The van der Waals surface area contributed by atoms with E-state index in [0.717, 1.165) is 0 Å². The summed E-state index contributed by atoms with van der Waals surface area (Å²) in [5.74, 6) is 0.0270. The van der Waals surface area contributed by atoms with Gasteiger partial charge in [0.25, 0.3) is 0 Å². The molecule has 2 aliphatic rings. The first kappa shape index (κ1) is 26.2. The minimum atomic E-state index is -0.826. The number of rotatable bonds is 8. The van der Waals surface area contributed by atoms with Crippen molar-refractivity contribution in [3.8, 4) is 28.7 Å². The Labute approximate surface area is 219 Å². The molecule has 0 radical (unpaired) electrons. The molecule has 4 heterocycles. The molecule has 12 heteroatoms. The van der Waals surface area contributed by atoms with Crippen molar-refractivity contribution in [2.45, 2.75) is 13.2 Å². The molecule has 2 aromatic heterocycles. The highest BCUT2D eigenvalue weighted by molar-refractivity contribution is 5.83. The van der Waals surface area contributed by atoms with Crippen LogP contribution >= 0.6 is 0 Å². The summed E-state index contributed by atoms with van der Waals surface area (Å²) in [6.45, 7) is 5.01. The van der Waals surface area contributed by atoms with Gasteiger partial charge in [-0.15, -0.1) is 0 Å². The molecule has 1 N–H and O–H groups in total. The van der Waals surface area contributed by atoms with E-state index in [1.54, 1.807) is 36.4 Å². The number of H-pyrrole nitrogens is 1. The molecule has 0 saturated carbocycles. The Morgan fingerprint density at radius 3 is 2.58 bits per heavy atom. The number of amides is 1. The molecular formula is C26H30FN5O6. The highest BCUT2D eigenvalue weighted by Crippen LogP contribution is 2.36. The number of imidazole rings is 1. The highest BCUT2D eigenvalue weighted by Gasteiger charge is 2.43. The lowest BCUT2D eigenvalue weighted by Crippen LogP contribution is -2.53. The van der Waals surface area contributed by atoms with E-state index >= 15 is 0 Å². The molecule has 202 valence electrons. The Kier molecular flexibility index (Phi) is 7.93. The number of aromatic nitrogens is 4. The molecule has 1 amide bonds. The third-order valence-electron chi connectivity index (χ3n) is 6.39. The minimum Gasteiger partial charge on any atom is -0.461 e. The van der Waals surface area contributed by atoms with E-state index in [9.17, 15) is 9.18 Å². The minimum absolute atomic E-state index is 0.0200. The second kappa shape index (κ2) is 11.5. The second-order valence-electron chi connectivity index (χ2n) is 9.34. The molecule has 0 unspecified atom stereocenters. The first-order valence-electron chi connectivity index (χ1n) is 12.4. The number of methoxy groups -OCH3 is 1. The normalized spacial score (nSPS) is 21.9. The maximum atomic E-state index is 13.6. The largest absolute Gasteiger partial charge is 0.461 e. The van der Waals surface area contributed by atoms with E-state index in [-0.39, 0.29) is 30.9 Å². The number of nitrogens with zero attached hydrogens (tertiary/aromatic N) is 4. The summed E-state index contributed by atoms with van der Waals surface area (Å²) in [7, 11) is 1.58. The van der Waals surface area contributed by atoms with Gasteiger partial charge >= 0.3 is 6.01 Å². The van der Waals surface area contributed by atoms with Gasteiger partial charge in [-0.05, 0) is 37.3 Å². The van der Waals surface area contributed by atoms with Crippen LogP contribution in [0.3, 0.4) is 0 Å². The average molecular weight is 528 g/mol. The van der Waals surface area contributed by atoms with Crippen LogP contribution < -0.4 is 4.74 Å². The van der Waals surface area contributed by atoms with Crippen molar-refractivity contribution in [2.75, 3.05) is 59.8 Å². The second-order valence-corrected chi connectivity index (χ2v) is 9.34. The molecule has 38 heavy (non-hydrogen) atoms. The van der Waals surface area contributed by atoms with Gasteiger partial charge in [0.2, 0.25) is 12.2 Å². The number of hydrogen-bond acceptors (Lipinski definition) is 9. The van der Waals surface area contributed by atoms with Crippen molar-refractivity contribution < 1.29 is 32.9 Å². The lowest BCUT2D eigenvalue weighted by molar-refractivity contribution is -0.235. The Morgan fingerprint density at radius 2 is 1.87 bits per heavy atom. The number of halogens is 1. The van der Waals surface area contributed by atoms with Gasteiger partial charge in [0, 0.05) is 32.0 Å². The van der Waals surface area contributed by atoms with Crippen LogP contribution in [0.25, 0.3) is 22.6 Å². The Morgan fingerprint density at radius 1 is 1.13 bits per heavy atom. The zero-order chi connectivity index (χ0) is 26.5. The number of ether oxygens (including phenoxy) is 5. The Balaban J connectivity index is 1.39. The van der Waals surface area contributed by atoms with Crippen molar-refractivity contribution in [2.24, 2.45) is 5.41 Å². The third-order valence-corrected chi connectivity index (χ3v) is 6.39. The molecule has 0 atom stereocenters. The van der Waals surface area contributed by atoms with Crippen LogP contribution in [0.15, 0.2) is 36.5 Å². The summed E-state index contributed by atoms with van der Waals surface area (Å²) in [6.07, 6.45) is 0.753. The van der Waals surface area contributed by atoms with Crippen LogP contribution in [-0.4, -0.2) is 90.6 Å². The Bertz CT molecular complexity index is 1240. The lowest BCUT2D eigenvalue weighted by Gasteiger charge is -2.39. The Hall–Kier alpha value is -3.45. The molecule has 5 rings (SSSR count). The fourth-order valence-corrected chi connectivity index (χ4v) is 4.31.